The summed E-state index contributed by atoms with van der Waals surface area (Å²) < 4.78 is 8.91. The molecule has 1 fully saturated rings. The van der Waals surface area contributed by atoms with Gasteiger partial charge in [0.1, 0.15) is 5.75 Å². The minimum Gasteiger partial charge on any atom is -0.493 e. The van der Waals surface area contributed by atoms with E-state index in [1.165, 1.54) is 5.56 Å². The molecule has 21 heavy (non-hydrogen) atoms. The molecule has 0 N–H and O–H groups in total. The van der Waals surface area contributed by atoms with Gasteiger partial charge in [-0.05, 0) is 36.6 Å². The molecular weight excluding hydrogens is 330 g/mol. The maximum Gasteiger partial charge on any atom is 0.167 e. The minimum absolute atomic E-state index is 0.277. The molecular formula is C17H16BrNO2. The number of nitrogens with zero attached hydrogens (tertiary/aromatic N) is 1. The molecule has 0 spiro atoms. The third-order valence-corrected chi connectivity index (χ3v) is 4.62. The average molecular weight is 346 g/mol. The van der Waals surface area contributed by atoms with Gasteiger partial charge in [-0.3, -0.25) is 4.79 Å². The summed E-state index contributed by atoms with van der Waals surface area (Å²) in [7, 11) is 0. The van der Waals surface area contributed by atoms with Crippen LogP contribution in [-0.4, -0.2) is 17.0 Å². The number of hydrogen-bond donors (Lipinski definition) is 0. The van der Waals surface area contributed by atoms with Crippen molar-refractivity contribution in [3.05, 3.63) is 51.8 Å². The summed E-state index contributed by atoms with van der Waals surface area (Å²) in [6, 6.07) is 6.16. The lowest BCUT2D eigenvalue weighted by Gasteiger charge is -2.10. The van der Waals surface area contributed by atoms with Gasteiger partial charge in [-0.15, -0.1) is 0 Å². The summed E-state index contributed by atoms with van der Waals surface area (Å²) in [6.07, 6.45) is 7.02. The third kappa shape index (κ3) is 2.53. The summed E-state index contributed by atoms with van der Waals surface area (Å²) >= 11 is 3.57. The van der Waals surface area contributed by atoms with Crippen LogP contribution in [0.4, 0.5) is 0 Å². The predicted octanol–water partition coefficient (Wildman–Crippen LogP) is 3.83. The molecule has 1 aliphatic carbocycles. The average Bonchev–Trinajstić information content (AvgIpc) is 3.02. The van der Waals surface area contributed by atoms with Gasteiger partial charge in [0.15, 0.2) is 5.78 Å². The van der Waals surface area contributed by atoms with Gasteiger partial charge in [0.05, 0.1) is 13.2 Å². The Balaban J connectivity index is 1.60. The van der Waals surface area contributed by atoms with Crippen molar-refractivity contribution in [1.29, 1.82) is 0 Å². The first-order valence-electron chi connectivity index (χ1n) is 7.35. The number of carbonyl (C=O) groups excluding carboxylic acids is 1. The first kappa shape index (κ1) is 13.1. The van der Waals surface area contributed by atoms with Crippen molar-refractivity contribution < 1.29 is 9.53 Å². The molecule has 1 saturated carbocycles. The Morgan fingerprint density at radius 3 is 3.05 bits per heavy atom. The molecule has 1 aliphatic heterocycles. The number of carbonyl (C=O) groups is 1. The van der Waals surface area contributed by atoms with E-state index in [-0.39, 0.29) is 5.92 Å². The van der Waals surface area contributed by atoms with E-state index in [0.29, 0.717) is 5.78 Å². The van der Waals surface area contributed by atoms with E-state index in [1.54, 1.807) is 0 Å². The van der Waals surface area contributed by atoms with Gasteiger partial charge in [-0.2, -0.15) is 0 Å². The zero-order valence-electron chi connectivity index (χ0n) is 11.6. The van der Waals surface area contributed by atoms with E-state index in [1.807, 2.05) is 18.5 Å². The smallest absolute Gasteiger partial charge is 0.167 e. The van der Waals surface area contributed by atoms with Crippen LogP contribution in [-0.2, 0) is 13.0 Å². The van der Waals surface area contributed by atoms with Gasteiger partial charge in [0, 0.05) is 40.3 Å². The summed E-state index contributed by atoms with van der Waals surface area (Å²) in [5.74, 6) is 1.59. The molecule has 0 saturated heterocycles. The predicted molar refractivity (Wildman–Crippen MR) is 83.9 cm³/mol. The second-order valence-electron chi connectivity index (χ2n) is 5.86. The highest BCUT2D eigenvalue weighted by atomic mass is 79.9. The Kier molecular flexibility index (Phi) is 3.14. The van der Waals surface area contributed by atoms with Crippen LogP contribution in [0.15, 0.2) is 35.1 Å². The van der Waals surface area contributed by atoms with Crippen molar-refractivity contribution in [3.63, 3.8) is 0 Å². The number of Topliss-reactive ketones (excluding diaryl/α,β-unsaturated/α-hetero) is 1. The number of fused-ring (bicyclic) bond motifs is 1. The molecule has 4 rings (SSSR count). The second kappa shape index (κ2) is 5.02. The van der Waals surface area contributed by atoms with E-state index >= 15 is 0 Å². The highest BCUT2D eigenvalue weighted by Gasteiger charge is 2.30. The lowest BCUT2D eigenvalue weighted by molar-refractivity contribution is 0.0967. The quantitative estimate of drug-likeness (QED) is 0.788. The van der Waals surface area contributed by atoms with E-state index in [9.17, 15) is 4.79 Å². The summed E-state index contributed by atoms with van der Waals surface area (Å²) in [5.41, 5.74) is 3.27. The standard InChI is InChI=1S/C17H16BrNO2/c18-15-7-12-4-6-21-17(12)14(8-15)10-19-5-3-13(9-19)16(20)11-1-2-11/h3,5,7-9,11H,1-2,4,6,10H2. The number of aromatic nitrogens is 1. The van der Waals surface area contributed by atoms with Crippen LogP contribution >= 0.6 is 15.9 Å². The Morgan fingerprint density at radius 2 is 2.24 bits per heavy atom. The molecule has 0 amide bonds. The van der Waals surface area contributed by atoms with Crippen molar-refractivity contribution in [1.82, 2.24) is 4.57 Å². The highest BCUT2D eigenvalue weighted by Crippen LogP contribution is 2.34. The molecule has 4 heteroatoms. The van der Waals surface area contributed by atoms with Crippen molar-refractivity contribution in [2.75, 3.05) is 6.61 Å². The Hall–Kier alpha value is -1.55. The van der Waals surface area contributed by atoms with Gasteiger partial charge in [-0.25, -0.2) is 0 Å². The van der Waals surface area contributed by atoms with Gasteiger partial charge < -0.3 is 9.30 Å². The Bertz CT molecular complexity index is 716. The van der Waals surface area contributed by atoms with Crippen molar-refractivity contribution >= 4 is 21.7 Å². The number of hydrogen-bond acceptors (Lipinski definition) is 2. The summed E-state index contributed by atoms with van der Waals surface area (Å²) in [4.78, 5) is 12.1. The van der Waals surface area contributed by atoms with Gasteiger partial charge in [-0.1, -0.05) is 15.9 Å². The molecule has 2 heterocycles. The number of ether oxygens (including phenoxy) is 1. The lowest BCUT2D eigenvalue weighted by atomic mass is 10.1. The maximum absolute atomic E-state index is 12.1. The van der Waals surface area contributed by atoms with Gasteiger partial charge in [0.25, 0.3) is 0 Å². The van der Waals surface area contributed by atoms with E-state index in [0.717, 1.165) is 53.8 Å². The lowest BCUT2D eigenvalue weighted by Crippen LogP contribution is -2.02. The Morgan fingerprint density at radius 1 is 1.38 bits per heavy atom. The fraction of sp³-hybridized carbons (Fsp3) is 0.353. The van der Waals surface area contributed by atoms with Crippen LogP contribution in [0, 0.1) is 5.92 Å². The fourth-order valence-corrected chi connectivity index (χ4v) is 3.48. The van der Waals surface area contributed by atoms with Crippen LogP contribution < -0.4 is 4.74 Å². The first-order valence-corrected chi connectivity index (χ1v) is 8.14. The maximum atomic E-state index is 12.1. The van der Waals surface area contributed by atoms with Crippen molar-refractivity contribution in [2.45, 2.75) is 25.8 Å². The number of ketones is 1. The molecule has 3 nitrogen and oxygen atoms in total. The normalized spacial score (nSPS) is 16.6. The molecule has 0 unspecified atom stereocenters. The third-order valence-electron chi connectivity index (χ3n) is 4.16. The molecule has 0 radical (unpaired) electrons. The molecule has 2 aliphatic rings. The van der Waals surface area contributed by atoms with E-state index in [4.69, 9.17) is 4.74 Å². The zero-order valence-corrected chi connectivity index (χ0v) is 13.2. The Labute approximate surface area is 132 Å². The molecule has 108 valence electrons. The largest absolute Gasteiger partial charge is 0.493 e. The summed E-state index contributed by atoms with van der Waals surface area (Å²) in [5, 5.41) is 0. The van der Waals surface area contributed by atoms with Crippen LogP contribution in [0.1, 0.15) is 34.3 Å². The SMILES string of the molecule is O=C(c1ccn(Cc2cc(Br)cc3c2OCC3)c1)C1CC1. The van der Waals surface area contributed by atoms with Crippen LogP contribution in [0.25, 0.3) is 0 Å². The minimum atomic E-state index is 0.277. The first-order chi connectivity index (χ1) is 10.2. The summed E-state index contributed by atoms with van der Waals surface area (Å²) in [6.45, 7) is 1.50. The van der Waals surface area contributed by atoms with Crippen molar-refractivity contribution in [2.24, 2.45) is 5.92 Å². The fourth-order valence-electron chi connectivity index (χ4n) is 2.93. The highest BCUT2D eigenvalue weighted by molar-refractivity contribution is 9.10. The number of rotatable bonds is 4. The second-order valence-corrected chi connectivity index (χ2v) is 6.78. The molecule has 0 bridgehead atoms. The zero-order chi connectivity index (χ0) is 14.4. The molecule has 2 aromatic rings. The molecule has 1 aromatic carbocycles. The topological polar surface area (TPSA) is 31.2 Å². The van der Waals surface area contributed by atoms with Crippen LogP contribution in [0.3, 0.4) is 0 Å². The molecule has 1 aromatic heterocycles. The van der Waals surface area contributed by atoms with Crippen LogP contribution in [0.2, 0.25) is 0 Å². The van der Waals surface area contributed by atoms with Crippen LogP contribution in [0.5, 0.6) is 5.75 Å². The van der Waals surface area contributed by atoms with E-state index in [2.05, 4.69) is 32.6 Å². The number of halogens is 1. The molecule has 0 atom stereocenters. The van der Waals surface area contributed by atoms with Gasteiger partial charge >= 0.3 is 0 Å². The van der Waals surface area contributed by atoms with Crippen molar-refractivity contribution in [3.8, 4) is 5.75 Å². The van der Waals surface area contributed by atoms with E-state index < -0.39 is 0 Å². The number of benzene rings is 1. The monoisotopic (exact) mass is 345 g/mol. The van der Waals surface area contributed by atoms with Gasteiger partial charge in [0.2, 0.25) is 0 Å².